The van der Waals surface area contributed by atoms with Gasteiger partial charge in [0.05, 0.1) is 12.8 Å². The SMILES string of the molecule is CC1=C(C2CC(=O)OC2C)CC(=O)O1. The topological polar surface area (TPSA) is 52.6 Å². The van der Waals surface area contributed by atoms with E-state index in [4.69, 9.17) is 9.47 Å². The summed E-state index contributed by atoms with van der Waals surface area (Å²) >= 11 is 0. The first-order valence-corrected chi connectivity index (χ1v) is 4.67. The van der Waals surface area contributed by atoms with Gasteiger partial charge in [-0.3, -0.25) is 9.59 Å². The Labute approximate surface area is 81.9 Å². The predicted molar refractivity (Wildman–Crippen MR) is 47.1 cm³/mol. The Hall–Kier alpha value is -1.32. The van der Waals surface area contributed by atoms with Gasteiger partial charge in [0.15, 0.2) is 0 Å². The van der Waals surface area contributed by atoms with Crippen LogP contribution in [0.2, 0.25) is 0 Å². The van der Waals surface area contributed by atoms with E-state index in [1.54, 1.807) is 6.92 Å². The summed E-state index contributed by atoms with van der Waals surface area (Å²) < 4.78 is 9.97. The largest absolute Gasteiger partial charge is 0.462 e. The van der Waals surface area contributed by atoms with Crippen LogP contribution in [0.4, 0.5) is 0 Å². The summed E-state index contributed by atoms with van der Waals surface area (Å²) in [6.07, 6.45) is 0.532. The lowest BCUT2D eigenvalue weighted by Gasteiger charge is -2.12. The van der Waals surface area contributed by atoms with E-state index in [2.05, 4.69) is 0 Å². The molecular weight excluding hydrogens is 184 g/mol. The molecule has 1 saturated heterocycles. The van der Waals surface area contributed by atoms with Crippen molar-refractivity contribution in [2.75, 3.05) is 0 Å². The normalized spacial score (nSPS) is 32.1. The van der Waals surface area contributed by atoms with E-state index in [0.29, 0.717) is 18.6 Å². The molecule has 4 heteroatoms. The molecule has 2 rings (SSSR count). The van der Waals surface area contributed by atoms with Gasteiger partial charge in [-0.1, -0.05) is 0 Å². The minimum absolute atomic E-state index is 0.0222. The molecule has 2 aliphatic rings. The van der Waals surface area contributed by atoms with Crippen molar-refractivity contribution in [3.8, 4) is 0 Å². The fourth-order valence-corrected chi connectivity index (χ4v) is 2.03. The Morgan fingerprint density at radius 3 is 2.43 bits per heavy atom. The maximum atomic E-state index is 11.0. The first-order chi connectivity index (χ1) is 6.58. The van der Waals surface area contributed by atoms with Gasteiger partial charge < -0.3 is 9.47 Å². The molecule has 2 heterocycles. The number of carbonyl (C=O) groups excluding carboxylic acids is 2. The zero-order valence-electron chi connectivity index (χ0n) is 8.20. The fourth-order valence-electron chi connectivity index (χ4n) is 2.03. The van der Waals surface area contributed by atoms with Crippen LogP contribution in [0.5, 0.6) is 0 Å². The van der Waals surface area contributed by atoms with Crippen LogP contribution in [0.3, 0.4) is 0 Å². The molecule has 0 amide bonds. The first kappa shape index (κ1) is 9.24. The lowest BCUT2D eigenvalue weighted by atomic mass is 9.91. The van der Waals surface area contributed by atoms with E-state index < -0.39 is 0 Å². The lowest BCUT2D eigenvalue weighted by Crippen LogP contribution is -2.14. The smallest absolute Gasteiger partial charge is 0.315 e. The molecule has 76 valence electrons. The van der Waals surface area contributed by atoms with E-state index in [-0.39, 0.29) is 24.0 Å². The van der Waals surface area contributed by atoms with E-state index in [1.807, 2.05) is 6.92 Å². The quantitative estimate of drug-likeness (QED) is 0.590. The average molecular weight is 196 g/mol. The van der Waals surface area contributed by atoms with Crippen LogP contribution in [-0.2, 0) is 19.1 Å². The summed E-state index contributed by atoms with van der Waals surface area (Å²) in [5, 5.41) is 0. The van der Waals surface area contributed by atoms with E-state index >= 15 is 0 Å². The van der Waals surface area contributed by atoms with Crippen molar-refractivity contribution in [2.45, 2.75) is 32.8 Å². The summed E-state index contributed by atoms with van der Waals surface area (Å²) in [5.74, 6) is 0.241. The number of hydrogen-bond acceptors (Lipinski definition) is 4. The van der Waals surface area contributed by atoms with Crippen LogP contribution in [0.15, 0.2) is 11.3 Å². The maximum Gasteiger partial charge on any atom is 0.315 e. The summed E-state index contributed by atoms with van der Waals surface area (Å²) in [4.78, 5) is 22.1. The summed E-state index contributed by atoms with van der Waals surface area (Å²) in [6.45, 7) is 3.61. The van der Waals surface area contributed by atoms with Crippen molar-refractivity contribution in [3.63, 3.8) is 0 Å². The third kappa shape index (κ3) is 1.41. The molecule has 0 N–H and O–H groups in total. The number of carbonyl (C=O) groups is 2. The second-order valence-electron chi connectivity index (χ2n) is 3.74. The molecule has 0 aromatic heterocycles. The zero-order chi connectivity index (χ0) is 10.3. The number of cyclic esters (lactones) is 2. The third-order valence-electron chi connectivity index (χ3n) is 2.77. The van der Waals surface area contributed by atoms with Crippen LogP contribution in [0.25, 0.3) is 0 Å². The first-order valence-electron chi connectivity index (χ1n) is 4.67. The van der Waals surface area contributed by atoms with Gasteiger partial charge >= 0.3 is 11.9 Å². The predicted octanol–water partition coefficient (Wildman–Crippen LogP) is 1.16. The van der Waals surface area contributed by atoms with Crippen molar-refractivity contribution in [1.82, 2.24) is 0 Å². The summed E-state index contributed by atoms with van der Waals surface area (Å²) in [6, 6.07) is 0. The highest BCUT2D eigenvalue weighted by atomic mass is 16.6. The Kier molecular flexibility index (Phi) is 2.06. The molecule has 1 fully saturated rings. The molecular formula is C10H12O4. The van der Waals surface area contributed by atoms with Gasteiger partial charge in [-0.2, -0.15) is 0 Å². The number of ether oxygens (including phenoxy) is 2. The standard InChI is InChI=1S/C10H12O4/c1-5-7(3-9(11)13-5)8-4-10(12)14-6(8)2/h5,7H,3-4H2,1-2H3. The van der Waals surface area contributed by atoms with Crippen molar-refractivity contribution in [3.05, 3.63) is 11.3 Å². The molecule has 14 heavy (non-hydrogen) atoms. The van der Waals surface area contributed by atoms with Gasteiger partial charge in [-0.05, 0) is 19.4 Å². The zero-order valence-corrected chi connectivity index (χ0v) is 8.20. The molecule has 0 spiro atoms. The van der Waals surface area contributed by atoms with Gasteiger partial charge in [-0.25, -0.2) is 0 Å². The molecule has 2 aliphatic heterocycles. The highest BCUT2D eigenvalue weighted by Gasteiger charge is 2.38. The number of esters is 2. The molecule has 0 saturated carbocycles. The molecule has 0 aliphatic carbocycles. The molecule has 0 bridgehead atoms. The van der Waals surface area contributed by atoms with Crippen LogP contribution in [0, 0.1) is 5.92 Å². The molecule has 2 atom stereocenters. The van der Waals surface area contributed by atoms with Crippen molar-refractivity contribution < 1.29 is 19.1 Å². The number of rotatable bonds is 1. The van der Waals surface area contributed by atoms with Crippen molar-refractivity contribution in [1.29, 1.82) is 0 Å². The number of hydrogen-bond donors (Lipinski definition) is 0. The van der Waals surface area contributed by atoms with E-state index in [9.17, 15) is 9.59 Å². The summed E-state index contributed by atoms with van der Waals surface area (Å²) in [5.41, 5.74) is 0.924. The average Bonchev–Trinajstić information content (AvgIpc) is 2.55. The van der Waals surface area contributed by atoms with Gasteiger partial charge in [0.25, 0.3) is 0 Å². The highest BCUT2D eigenvalue weighted by Crippen LogP contribution is 2.35. The second kappa shape index (κ2) is 3.12. The van der Waals surface area contributed by atoms with Gasteiger partial charge in [-0.15, -0.1) is 0 Å². The Bertz CT molecular complexity index is 329. The van der Waals surface area contributed by atoms with Gasteiger partial charge in [0.2, 0.25) is 0 Å². The monoisotopic (exact) mass is 196 g/mol. The second-order valence-corrected chi connectivity index (χ2v) is 3.74. The van der Waals surface area contributed by atoms with E-state index in [0.717, 1.165) is 5.57 Å². The molecule has 0 aromatic carbocycles. The third-order valence-corrected chi connectivity index (χ3v) is 2.77. The minimum atomic E-state index is -0.232. The molecule has 4 nitrogen and oxygen atoms in total. The van der Waals surface area contributed by atoms with Crippen molar-refractivity contribution >= 4 is 11.9 Å². The van der Waals surface area contributed by atoms with Crippen LogP contribution in [0.1, 0.15) is 26.7 Å². The minimum Gasteiger partial charge on any atom is -0.462 e. The molecule has 0 radical (unpaired) electrons. The fraction of sp³-hybridized carbons (Fsp3) is 0.600. The summed E-state index contributed by atoms with van der Waals surface area (Å²) in [7, 11) is 0. The van der Waals surface area contributed by atoms with Gasteiger partial charge in [0, 0.05) is 5.92 Å². The lowest BCUT2D eigenvalue weighted by molar-refractivity contribution is -0.141. The molecule has 0 aromatic rings. The molecule has 2 unspecified atom stereocenters. The maximum absolute atomic E-state index is 11.0. The Morgan fingerprint density at radius 2 is 2.00 bits per heavy atom. The van der Waals surface area contributed by atoms with E-state index in [1.165, 1.54) is 0 Å². The highest BCUT2D eigenvalue weighted by molar-refractivity contribution is 5.79. The Balaban J connectivity index is 2.20. The van der Waals surface area contributed by atoms with Crippen molar-refractivity contribution in [2.24, 2.45) is 5.92 Å². The van der Waals surface area contributed by atoms with Gasteiger partial charge in [0.1, 0.15) is 11.9 Å². The van der Waals surface area contributed by atoms with Crippen LogP contribution < -0.4 is 0 Å². The number of allylic oxidation sites excluding steroid dienone is 1. The Morgan fingerprint density at radius 1 is 1.29 bits per heavy atom. The van der Waals surface area contributed by atoms with Crippen LogP contribution >= 0.6 is 0 Å². The van der Waals surface area contributed by atoms with Crippen LogP contribution in [-0.4, -0.2) is 18.0 Å².